The predicted molar refractivity (Wildman–Crippen MR) is 108 cm³/mol. The number of halogens is 3. The second-order valence-electron chi connectivity index (χ2n) is 6.89. The lowest BCUT2D eigenvalue weighted by Gasteiger charge is -2.27. The molecule has 0 aliphatic carbocycles. The molecule has 1 N–H and O–H groups in total. The van der Waals surface area contributed by atoms with Crippen LogP contribution >= 0.6 is 11.8 Å². The quantitative estimate of drug-likeness (QED) is 0.678. The van der Waals surface area contributed by atoms with Crippen LogP contribution in [0.15, 0.2) is 30.5 Å². The number of thioether (sulfide) groups is 1. The highest BCUT2D eigenvalue weighted by Crippen LogP contribution is 2.29. The molecule has 1 aliphatic heterocycles. The summed E-state index contributed by atoms with van der Waals surface area (Å²) in [6.45, 7) is 1.70. The number of rotatable bonds is 4. The van der Waals surface area contributed by atoms with Crippen molar-refractivity contribution in [2.75, 3.05) is 29.5 Å². The number of fused-ring (bicyclic) bond motifs is 1. The number of aromatic nitrogens is 4. The molecule has 0 bridgehead atoms. The van der Waals surface area contributed by atoms with Gasteiger partial charge in [-0.25, -0.2) is 9.97 Å². The molecule has 3 aromatic rings. The zero-order chi connectivity index (χ0) is 21.3. The van der Waals surface area contributed by atoms with Crippen molar-refractivity contribution in [3.05, 3.63) is 47.4 Å². The van der Waals surface area contributed by atoms with E-state index in [0.717, 1.165) is 42.1 Å². The fourth-order valence-electron chi connectivity index (χ4n) is 3.19. The van der Waals surface area contributed by atoms with Crippen LogP contribution in [-0.4, -0.2) is 50.3 Å². The fraction of sp³-hybridized carbons (Fsp3) is 0.368. The summed E-state index contributed by atoms with van der Waals surface area (Å²) in [6.07, 6.45) is -2.56. The highest BCUT2D eigenvalue weighted by Gasteiger charge is 2.30. The number of amides is 1. The van der Waals surface area contributed by atoms with Gasteiger partial charge in [0.05, 0.1) is 10.9 Å². The number of nitrogens with one attached hydrogen (secondary N) is 1. The van der Waals surface area contributed by atoms with Gasteiger partial charge in [-0.05, 0) is 17.7 Å². The largest absolute Gasteiger partial charge is 0.416 e. The molecule has 0 unspecified atom stereocenters. The number of aryl methyl sites for hydroxylation is 1. The van der Waals surface area contributed by atoms with E-state index in [0.29, 0.717) is 17.0 Å². The highest BCUT2D eigenvalue weighted by molar-refractivity contribution is 7.99. The van der Waals surface area contributed by atoms with E-state index in [1.54, 1.807) is 11.7 Å². The van der Waals surface area contributed by atoms with Crippen molar-refractivity contribution in [2.24, 2.45) is 7.05 Å². The van der Waals surface area contributed by atoms with Crippen molar-refractivity contribution in [1.29, 1.82) is 0 Å². The van der Waals surface area contributed by atoms with Crippen LogP contribution in [0.2, 0.25) is 0 Å². The number of nitrogens with zero attached hydrogens (tertiary/aromatic N) is 5. The average molecular weight is 436 g/mol. The van der Waals surface area contributed by atoms with Crippen LogP contribution in [0.5, 0.6) is 0 Å². The molecule has 1 aliphatic rings. The second-order valence-corrected chi connectivity index (χ2v) is 8.11. The Balaban J connectivity index is 1.54. The first-order valence-corrected chi connectivity index (χ1v) is 10.4. The summed E-state index contributed by atoms with van der Waals surface area (Å²) in [6, 6.07) is 4.65. The molecule has 0 saturated carbocycles. The number of carbonyl (C=O) groups is 1. The summed E-state index contributed by atoms with van der Waals surface area (Å²) in [4.78, 5) is 23.5. The molecule has 30 heavy (non-hydrogen) atoms. The smallest absolute Gasteiger partial charge is 0.354 e. The third kappa shape index (κ3) is 4.35. The summed E-state index contributed by atoms with van der Waals surface area (Å²) < 4.78 is 39.7. The summed E-state index contributed by atoms with van der Waals surface area (Å²) >= 11 is 1.87. The van der Waals surface area contributed by atoms with Gasteiger partial charge in [-0.3, -0.25) is 9.48 Å². The molecule has 0 atom stereocenters. The number of anilines is 1. The fourth-order valence-corrected chi connectivity index (χ4v) is 4.10. The van der Waals surface area contributed by atoms with Crippen molar-refractivity contribution in [3.63, 3.8) is 0 Å². The van der Waals surface area contributed by atoms with Gasteiger partial charge in [-0.15, -0.1) is 0 Å². The van der Waals surface area contributed by atoms with E-state index in [4.69, 9.17) is 0 Å². The summed E-state index contributed by atoms with van der Waals surface area (Å²) in [5.74, 6) is 2.10. The van der Waals surface area contributed by atoms with Gasteiger partial charge >= 0.3 is 6.18 Å². The van der Waals surface area contributed by atoms with E-state index in [9.17, 15) is 18.0 Å². The first-order valence-electron chi connectivity index (χ1n) is 9.30. The Morgan fingerprint density at radius 3 is 2.53 bits per heavy atom. The first-order chi connectivity index (χ1) is 14.3. The van der Waals surface area contributed by atoms with Crippen LogP contribution < -0.4 is 10.2 Å². The van der Waals surface area contributed by atoms with Gasteiger partial charge in [0.25, 0.3) is 5.91 Å². The van der Waals surface area contributed by atoms with Crippen LogP contribution in [0.3, 0.4) is 0 Å². The Bertz CT molecular complexity index is 1060. The van der Waals surface area contributed by atoms with Gasteiger partial charge in [0.15, 0.2) is 5.65 Å². The van der Waals surface area contributed by atoms with Gasteiger partial charge in [-0.1, -0.05) is 12.1 Å². The maximum atomic E-state index is 12.7. The SMILES string of the molecule is Cn1cc2c(N3CCSCC3)nc(C(=O)NCc3ccc(C(F)(F)F)cc3)nc2n1. The molecule has 7 nitrogen and oxygen atoms in total. The molecule has 1 aromatic carbocycles. The van der Waals surface area contributed by atoms with E-state index in [-0.39, 0.29) is 12.4 Å². The van der Waals surface area contributed by atoms with Crippen LogP contribution in [0, 0.1) is 0 Å². The topological polar surface area (TPSA) is 75.9 Å². The third-order valence-electron chi connectivity index (χ3n) is 4.72. The molecule has 3 heterocycles. The summed E-state index contributed by atoms with van der Waals surface area (Å²) in [5.41, 5.74) is 0.245. The van der Waals surface area contributed by atoms with Crippen LogP contribution in [0.25, 0.3) is 11.0 Å². The average Bonchev–Trinajstić information content (AvgIpc) is 3.11. The minimum Gasteiger partial charge on any atom is -0.354 e. The normalized spacial score (nSPS) is 14.9. The number of alkyl halides is 3. The molecule has 0 spiro atoms. The number of benzene rings is 1. The van der Waals surface area contributed by atoms with Crippen LogP contribution in [0.1, 0.15) is 21.7 Å². The zero-order valence-electron chi connectivity index (χ0n) is 16.1. The van der Waals surface area contributed by atoms with Crippen molar-refractivity contribution >= 4 is 34.5 Å². The lowest BCUT2D eigenvalue weighted by molar-refractivity contribution is -0.137. The molecule has 0 radical (unpaired) electrons. The lowest BCUT2D eigenvalue weighted by Crippen LogP contribution is -2.34. The monoisotopic (exact) mass is 436 g/mol. The molecule has 1 fully saturated rings. The van der Waals surface area contributed by atoms with Crippen molar-refractivity contribution in [3.8, 4) is 0 Å². The third-order valence-corrected chi connectivity index (χ3v) is 5.66. The van der Waals surface area contributed by atoms with E-state index >= 15 is 0 Å². The first kappa shape index (κ1) is 20.5. The van der Waals surface area contributed by atoms with Gasteiger partial charge in [0.1, 0.15) is 5.82 Å². The minimum atomic E-state index is -4.39. The molecule has 4 rings (SSSR count). The highest BCUT2D eigenvalue weighted by atomic mass is 32.2. The molecule has 158 valence electrons. The lowest BCUT2D eigenvalue weighted by atomic mass is 10.1. The van der Waals surface area contributed by atoms with Crippen molar-refractivity contribution in [1.82, 2.24) is 25.1 Å². The molecule has 1 amide bonds. The van der Waals surface area contributed by atoms with Gasteiger partial charge < -0.3 is 10.2 Å². The predicted octanol–water partition coefficient (Wildman–Crippen LogP) is 2.87. The Morgan fingerprint density at radius 2 is 1.87 bits per heavy atom. The Kier molecular flexibility index (Phi) is 5.54. The van der Waals surface area contributed by atoms with Gasteiger partial charge in [0, 0.05) is 44.4 Å². The van der Waals surface area contributed by atoms with E-state index in [1.165, 1.54) is 12.1 Å². The molecule has 2 aromatic heterocycles. The number of carbonyl (C=O) groups excluding carboxylic acids is 1. The number of hydrogen-bond donors (Lipinski definition) is 1. The van der Waals surface area contributed by atoms with E-state index < -0.39 is 17.6 Å². The molecule has 11 heteroatoms. The Hall–Kier alpha value is -2.82. The molecule has 1 saturated heterocycles. The summed E-state index contributed by atoms with van der Waals surface area (Å²) in [7, 11) is 1.78. The zero-order valence-corrected chi connectivity index (χ0v) is 16.9. The molecular weight excluding hydrogens is 417 g/mol. The summed E-state index contributed by atoms with van der Waals surface area (Å²) in [5, 5.41) is 7.76. The van der Waals surface area contributed by atoms with Gasteiger partial charge in [0.2, 0.25) is 5.82 Å². The minimum absolute atomic E-state index is 0.0126. The van der Waals surface area contributed by atoms with Crippen molar-refractivity contribution in [2.45, 2.75) is 12.7 Å². The standard InChI is InChI=1S/C19H19F3N6OS/c1-27-11-14-15(26-27)24-16(25-17(14)28-6-8-30-9-7-28)18(29)23-10-12-2-4-13(5-3-12)19(20,21)22/h2-5,11H,6-10H2,1H3,(H,23,29). The van der Waals surface area contributed by atoms with Crippen LogP contribution in [-0.2, 0) is 19.8 Å². The molecular formula is C19H19F3N6OS. The van der Waals surface area contributed by atoms with Crippen molar-refractivity contribution < 1.29 is 18.0 Å². The Morgan fingerprint density at radius 1 is 1.17 bits per heavy atom. The second kappa shape index (κ2) is 8.13. The Labute approximate surface area is 174 Å². The van der Waals surface area contributed by atoms with Crippen LogP contribution in [0.4, 0.5) is 19.0 Å². The maximum absolute atomic E-state index is 12.7. The maximum Gasteiger partial charge on any atom is 0.416 e. The van der Waals surface area contributed by atoms with Gasteiger partial charge in [-0.2, -0.15) is 30.0 Å². The van der Waals surface area contributed by atoms with E-state index in [1.807, 2.05) is 18.0 Å². The van der Waals surface area contributed by atoms with E-state index in [2.05, 4.69) is 25.3 Å². The number of hydrogen-bond acceptors (Lipinski definition) is 6.